The summed E-state index contributed by atoms with van der Waals surface area (Å²) in [6.45, 7) is 7.14. The third kappa shape index (κ3) is 6.64. The minimum Gasteiger partial charge on any atom is -0.379 e. The monoisotopic (exact) mass is 334 g/mol. The number of hydrogen-bond donors (Lipinski definition) is 1. The number of ether oxygens (including phenoxy) is 1. The van der Waals surface area contributed by atoms with Crippen LogP contribution in [0.5, 0.6) is 0 Å². The van der Waals surface area contributed by atoms with Gasteiger partial charge in [-0.25, -0.2) is 0 Å². The summed E-state index contributed by atoms with van der Waals surface area (Å²) in [5, 5.41) is 2.91. The molecule has 1 aromatic rings. The van der Waals surface area contributed by atoms with Crippen molar-refractivity contribution >= 4 is 11.8 Å². The van der Waals surface area contributed by atoms with Gasteiger partial charge in [-0.1, -0.05) is 6.07 Å². The predicted molar refractivity (Wildman–Crippen MR) is 90.2 cm³/mol. The number of amides is 2. The van der Waals surface area contributed by atoms with Crippen LogP contribution in [0.25, 0.3) is 0 Å². The zero-order valence-electron chi connectivity index (χ0n) is 14.2. The van der Waals surface area contributed by atoms with Crippen LogP contribution < -0.4 is 5.32 Å². The normalized spacial score (nSPS) is 15.0. The molecule has 0 spiro atoms. The smallest absolute Gasteiger partial charge is 0.221 e. The van der Waals surface area contributed by atoms with Crippen molar-refractivity contribution in [2.24, 2.45) is 0 Å². The molecule has 1 N–H and O–H groups in total. The quantitative estimate of drug-likeness (QED) is 0.739. The van der Waals surface area contributed by atoms with Gasteiger partial charge in [0.2, 0.25) is 11.8 Å². The molecule has 1 fully saturated rings. The molecule has 1 aliphatic rings. The summed E-state index contributed by atoms with van der Waals surface area (Å²) in [5.74, 6) is -0.0858. The SMILES string of the molecule is CC(=O)N(CCC(=O)NCCN1CCOCC1)Cc1ccccn1. The molecule has 0 aliphatic carbocycles. The highest BCUT2D eigenvalue weighted by molar-refractivity contribution is 5.77. The summed E-state index contributed by atoms with van der Waals surface area (Å²) in [6, 6.07) is 5.60. The second-order valence-corrected chi connectivity index (χ2v) is 5.82. The van der Waals surface area contributed by atoms with Gasteiger partial charge in [0.1, 0.15) is 0 Å². The van der Waals surface area contributed by atoms with Crippen molar-refractivity contribution in [1.29, 1.82) is 0 Å². The van der Waals surface area contributed by atoms with Gasteiger partial charge in [-0.2, -0.15) is 0 Å². The van der Waals surface area contributed by atoms with Crippen LogP contribution in [0.3, 0.4) is 0 Å². The van der Waals surface area contributed by atoms with Gasteiger partial charge in [0.05, 0.1) is 25.5 Å². The molecule has 1 aromatic heterocycles. The first-order chi connectivity index (χ1) is 11.6. The van der Waals surface area contributed by atoms with Crippen LogP contribution in [0.4, 0.5) is 0 Å². The molecule has 2 amide bonds. The molecule has 7 nitrogen and oxygen atoms in total. The van der Waals surface area contributed by atoms with Gasteiger partial charge in [0.25, 0.3) is 0 Å². The van der Waals surface area contributed by atoms with Crippen LogP contribution in [0.1, 0.15) is 19.0 Å². The van der Waals surface area contributed by atoms with E-state index in [1.807, 2.05) is 18.2 Å². The van der Waals surface area contributed by atoms with Gasteiger partial charge >= 0.3 is 0 Å². The van der Waals surface area contributed by atoms with Gasteiger partial charge in [-0.15, -0.1) is 0 Å². The fraction of sp³-hybridized carbons (Fsp3) is 0.588. The third-order valence-electron chi connectivity index (χ3n) is 3.99. The molecule has 2 heterocycles. The Labute approximate surface area is 143 Å². The molecule has 1 aliphatic heterocycles. The first-order valence-corrected chi connectivity index (χ1v) is 8.37. The lowest BCUT2D eigenvalue weighted by molar-refractivity contribution is -0.130. The van der Waals surface area contributed by atoms with E-state index in [0.29, 0.717) is 26.1 Å². The Balaban J connectivity index is 1.67. The second-order valence-electron chi connectivity index (χ2n) is 5.82. The number of aromatic nitrogens is 1. The average Bonchev–Trinajstić information content (AvgIpc) is 2.60. The zero-order valence-corrected chi connectivity index (χ0v) is 14.2. The Morgan fingerprint density at radius 2 is 2.12 bits per heavy atom. The molecule has 0 aromatic carbocycles. The Hall–Kier alpha value is -1.99. The molecule has 132 valence electrons. The van der Waals surface area contributed by atoms with Crippen LogP contribution in [0.2, 0.25) is 0 Å². The topological polar surface area (TPSA) is 74.8 Å². The van der Waals surface area contributed by atoms with Gasteiger partial charge in [-0.3, -0.25) is 19.5 Å². The zero-order chi connectivity index (χ0) is 17.2. The van der Waals surface area contributed by atoms with E-state index in [2.05, 4.69) is 15.2 Å². The van der Waals surface area contributed by atoms with Crippen molar-refractivity contribution in [3.8, 4) is 0 Å². The van der Waals surface area contributed by atoms with Crippen LogP contribution in [0.15, 0.2) is 24.4 Å². The fourth-order valence-electron chi connectivity index (χ4n) is 2.54. The van der Waals surface area contributed by atoms with E-state index in [0.717, 1.165) is 38.5 Å². The Morgan fingerprint density at radius 1 is 1.33 bits per heavy atom. The molecular weight excluding hydrogens is 308 g/mol. The number of hydrogen-bond acceptors (Lipinski definition) is 5. The van der Waals surface area contributed by atoms with E-state index in [9.17, 15) is 9.59 Å². The first kappa shape index (κ1) is 18.4. The minimum absolute atomic E-state index is 0.0319. The summed E-state index contributed by atoms with van der Waals surface area (Å²) in [4.78, 5) is 31.8. The van der Waals surface area contributed by atoms with Crippen molar-refractivity contribution in [2.45, 2.75) is 19.9 Å². The van der Waals surface area contributed by atoms with Crippen LogP contribution in [-0.2, 0) is 20.9 Å². The van der Waals surface area contributed by atoms with Crippen molar-refractivity contribution in [2.75, 3.05) is 45.9 Å². The van der Waals surface area contributed by atoms with E-state index in [1.165, 1.54) is 6.92 Å². The lowest BCUT2D eigenvalue weighted by atomic mass is 10.3. The largest absolute Gasteiger partial charge is 0.379 e. The molecule has 0 radical (unpaired) electrons. The maximum atomic E-state index is 12.0. The van der Waals surface area contributed by atoms with E-state index in [1.54, 1.807) is 11.1 Å². The maximum absolute atomic E-state index is 12.0. The standard InChI is InChI=1S/C17H26N4O3/c1-15(22)21(14-16-4-2-3-6-18-16)8-5-17(23)19-7-9-20-10-12-24-13-11-20/h2-4,6H,5,7-14H2,1H3,(H,19,23). The molecule has 24 heavy (non-hydrogen) atoms. The summed E-state index contributed by atoms with van der Waals surface area (Å²) >= 11 is 0. The molecule has 1 saturated heterocycles. The average molecular weight is 334 g/mol. The lowest BCUT2D eigenvalue weighted by Gasteiger charge is -2.26. The second kappa shape index (κ2) is 10.00. The number of nitrogens with zero attached hydrogens (tertiary/aromatic N) is 3. The third-order valence-corrected chi connectivity index (χ3v) is 3.99. The molecular formula is C17H26N4O3. The highest BCUT2D eigenvalue weighted by Gasteiger charge is 2.13. The lowest BCUT2D eigenvalue weighted by Crippen LogP contribution is -2.41. The van der Waals surface area contributed by atoms with Crippen LogP contribution in [-0.4, -0.2) is 72.5 Å². The molecule has 7 heteroatoms. The number of nitrogens with one attached hydrogen (secondary N) is 1. The number of carbonyl (C=O) groups excluding carboxylic acids is 2. The Bertz CT molecular complexity index is 518. The van der Waals surface area contributed by atoms with Gasteiger partial charge in [-0.05, 0) is 12.1 Å². The summed E-state index contributed by atoms with van der Waals surface area (Å²) in [5.41, 5.74) is 0.820. The van der Waals surface area contributed by atoms with E-state index < -0.39 is 0 Å². The fourth-order valence-corrected chi connectivity index (χ4v) is 2.54. The van der Waals surface area contributed by atoms with Gasteiger partial charge < -0.3 is 15.0 Å². The molecule has 2 rings (SSSR count). The Kier molecular flexibility index (Phi) is 7.64. The van der Waals surface area contributed by atoms with E-state index >= 15 is 0 Å². The number of rotatable bonds is 8. The maximum Gasteiger partial charge on any atom is 0.221 e. The Morgan fingerprint density at radius 3 is 2.79 bits per heavy atom. The van der Waals surface area contributed by atoms with Crippen LogP contribution in [0, 0.1) is 0 Å². The minimum atomic E-state index is -0.0539. The molecule has 0 saturated carbocycles. The van der Waals surface area contributed by atoms with Gasteiger partial charge in [0, 0.05) is 52.3 Å². The number of morpholine rings is 1. The highest BCUT2D eigenvalue weighted by Crippen LogP contribution is 2.03. The predicted octanol–water partition coefficient (Wildman–Crippen LogP) is 0.269. The summed E-state index contributed by atoms with van der Waals surface area (Å²) in [7, 11) is 0. The molecule has 0 unspecified atom stereocenters. The van der Waals surface area contributed by atoms with Crippen molar-refractivity contribution < 1.29 is 14.3 Å². The highest BCUT2D eigenvalue weighted by atomic mass is 16.5. The molecule has 0 atom stereocenters. The van der Waals surface area contributed by atoms with E-state index in [4.69, 9.17) is 4.74 Å². The van der Waals surface area contributed by atoms with Crippen LogP contribution >= 0.6 is 0 Å². The van der Waals surface area contributed by atoms with Crippen molar-refractivity contribution in [3.63, 3.8) is 0 Å². The summed E-state index contributed by atoms with van der Waals surface area (Å²) < 4.78 is 5.29. The van der Waals surface area contributed by atoms with E-state index in [-0.39, 0.29) is 11.8 Å². The first-order valence-electron chi connectivity index (χ1n) is 8.37. The van der Waals surface area contributed by atoms with Crippen molar-refractivity contribution in [3.05, 3.63) is 30.1 Å². The summed E-state index contributed by atoms with van der Waals surface area (Å²) in [6.07, 6.45) is 2.00. The molecule has 0 bridgehead atoms. The van der Waals surface area contributed by atoms with Gasteiger partial charge in [0.15, 0.2) is 0 Å². The van der Waals surface area contributed by atoms with Crippen molar-refractivity contribution in [1.82, 2.24) is 20.1 Å². The number of carbonyl (C=O) groups is 2. The number of pyridine rings is 1.